The van der Waals surface area contributed by atoms with Gasteiger partial charge in [0, 0.05) is 18.3 Å². The molecule has 20 heavy (non-hydrogen) atoms. The van der Waals surface area contributed by atoms with Gasteiger partial charge in [-0.05, 0) is 18.6 Å². The Balaban J connectivity index is 2.41. The molecule has 0 spiro atoms. The van der Waals surface area contributed by atoms with Crippen molar-refractivity contribution in [2.75, 3.05) is 32.2 Å². The van der Waals surface area contributed by atoms with E-state index in [9.17, 15) is 0 Å². The molecule has 0 heterocycles. The summed E-state index contributed by atoms with van der Waals surface area (Å²) in [6.07, 6.45) is 6.36. The monoisotopic (exact) mass is 281 g/mol. The topological polar surface area (TPSA) is 50.7 Å². The van der Waals surface area contributed by atoms with Crippen LogP contribution in [0.4, 0.5) is 5.69 Å². The van der Waals surface area contributed by atoms with Crippen LogP contribution in [-0.2, 0) is 0 Å². The van der Waals surface area contributed by atoms with E-state index in [1.54, 1.807) is 7.11 Å². The van der Waals surface area contributed by atoms with Gasteiger partial charge in [0.05, 0.1) is 13.7 Å². The zero-order chi connectivity index (χ0) is 14.6. The van der Waals surface area contributed by atoms with E-state index in [2.05, 4.69) is 12.2 Å². The number of ether oxygens (including phenoxy) is 2. The zero-order valence-electron chi connectivity index (χ0n) is 12.7. The van der Waals surface area contributed by atoms with E-state index >= 15 is 0 Å². The van der Waals surface area contributed by atoms with Crippen LogP contribution in [0.25, 0.3) is 0 Å². The molecular weight excluding hydrogens is 254 g/mol. The van der Waals surface area contributed by atoms with Crippen molar-refractivity contribution in [3.8, 4) is 11.5 Å². The van der Waals surface area contributed by atoms with Gasteiger partial charge >= 0.3 is 0 Å². The molecule has 1 aromatic carbocycles. The molecule has 114 valence electrons. The van der Waals surface area contributed by atoms with Gasteiger partial charge in [-0.3, -0.25) is 0 Å². The van der Waals surface area contributed by atoms with E-state index in [4.69, 9.17) is 14.6 Å². The fraction of sp³-hybridized carbons (Fsp3) is 0.625. The van der Waals surface area contributed by atoms with Gasteiger partial charge in [-0.1, -0.05) is 32.6 Å². The minimum Gasteiger partial charge on any atom is -0.493 e. The third-order valence-electron chi connectivity index (χ3n) is 3.12. The van der Waals surface area contributed by atoms with Crippen LogP contribution < -0.4 is 14.8 Å². The molecule has 0 fully saturated rings. The minimum atomic E-state index is -0.00175. The molecule has 2 N–H and O–H groups in total. The first-order valence-corrected chi connectivity index (χ1v) is 7.47. The largest absolute Gasteiger partial charge is 0.493 e. The molecule has 1 aromatic rings. The van der Waals surface area contributed by atoms with Gasteiger partial charge in [-0.2, -0.15) is 0 Å². The Morgan fingerprint density at radius 2 is 1.90 bits per heavy atom. The van der Waals surface area contributed by atoms with Crippen LogP contribution in [0.1, 0.15) is 39.0 Å². The highest BCUT2D eigenvalue weighted by atomic mass is 16.5. The maximum Gasteiger partial charge on any atom is 0.163 e. The molecule has 0 amide bonds. The number of aliphatic hydroxyl groups excluding tert-OH is 1. The lowest BCUT2D eigenvalue weighted by atomic mass is 10.1. The number of unbranched alkanes of at least 4 members (excludes halogenated alkanes) is 4. The normalized spacial score (nSPS) is 10.3. The molecule has 4 heteroatoms. The first-order chi connectivity index (χ1) is 9.81. The van der Waals surface area contributed by atoms with Crippen molar-refractivity contribution in [1.29, 1.82) is 0 Å². The lowest BCUT2D eigenvalue weighted by Gasteiger charge is -2.12. The van der Waals surface area contributed by atoms with Crippen molar-refractivity contribution in [2.24, 2.45) is 0 Å². The molecule has 0 aliphatic heterocycles. The van der Waals surface area contributed by atoms with Crippen LogP contribution in [-0.4, -0.2) is 32.0 Å². The average Bonchev–Trinajstić information content (AvgIpc) is 2.48. The molecule has 0 saturated carbocycles. The Labute approximate surface area is 122 Å². The minimum absolute atomic E-state index is 0.00175. The van der Waals surface area contributed by atoms with Gasteiger partial charge in [-0.15, -0.1) is 0 Å². The zero-order valence-corrected chi connectivity index (χ0v) is 12.7. The highest BCUT2D eigenvalue weighted by Crippen LogP contribution is 2.30. The number of methoxy groups -OCH3 is 1. The van der Waals surface area contributed by atoms with Gasteiger partial charge in [0.25, 0.3) is 0 Å². The molecule has 0 radical (unpaired) electrons. The molecule has 4 nitrogen and oxygen atoms in total. The van der Waals surface area contributed by atoms with Gasteiger partial charge in [0.15, 0.2) is 11.5 Å². The smallest absolute Gasteiger partial charge is 0.163 e. The lowest BCUT2D eigenvalue weighted by Crippen LogP contribution is -2.05. The van der Waals surface area contributed by atoms with Crippen molar-refractivity contribution in [2.45, 2.75) is 39.0 Å². The number of hydrogen-bond acceptors (Lipinski definition) is 4. The first kappa shape index (κ1) is 16.6. The quantitative estimate of drug-likeness (QED) is 0.610. The fourth-order valence-electron chi connectivity index (χ4n) is 2.02. The molecule has 0 bridgehead atoms. The lowest BCUT2D eigenvalue weighted by molar-refractivity contribution is 0.196. The predicted octanol–water partition coefficient (Wildman–Crippen LogP) is 3.45. The Bertz CT molecular complexity index is 369. The van der Waals surface area contributed by atoms with Crippen molar-refractivity contribution in [1.82, 2.24) is 0 Å². The number of rotatable bonds is 11. The number of aliphatic hydroxyl groups is 1. The van der Waals surface area contributed by atoms with Crippen molar-refractivity contribution in [3.05, 3.63) is 18.2 Å². The molecule has 0 aliphatic rings. The number of nitrogens with one attached hydrogen (secondary N) is 1. The number of anilines is 1. The maximum atomic E-state index is 8.82. The van der Waals surface area contributed by atoms with Crippen molar-refractivity contribution in [3.63, 3.8) is 0 Å². The third-order valence-corrected chi connectivity index (χ3v) is 3.12. The second-order valence-corrected chi connectivity index (χ2v) is 4.78. The fourth-order valence-corrected chi connectivity index (χ4v) is 2.02. The Morgan fingerprint density at radius 3 is 2.60 bits per heavy atom. The van der Waals surface area contributed by atoms with Crippen molar-refractivity contribution >= 4 is 5.69 Å². The average molecular weight is 281 g/mol. The first-order valence-electron chi connectivity index (χ1n) is 7.47. The third kappa shape index (κ3) is 6.15. The second kappa shape index (κ2) is 10.4. The van der Waals surface area contributed by atoms with Crippen molar-refractivity contribution < 1.29 is 14.6 Å². The highest BCUT2D eigenvalue weighted by Gasteiger charge is 2.05. The van der Waals surface area contributed by atoms with Gasteiger partial charge in [0.1, 0.15) is 6.61 Å². The summed E-state index contributed by atoms with van der Waals surface area (Å²) in [7, 11) is 1.61. The van der Waals surface area contributed by atoms with E-state index < -0.39 is 0 Å². The molecule has 0 aliphatic carbocycles. The Kier molecular flexibility index (Phi) is 8.63. The summed E-state index contributed by atoms with van der Waals surface area (Å²) in [5.74, 6) is 1.35. The number of benzene rings is 1. The molecule has 1 rings (SSSR count). The summed E-state index contributed by atoms with van der Waals surface area (Å²) in [4.78, 5) is 0. The van der Waals surface area contributed by atoms with E-state index in [-0.39, 0.29) is 13.2 Å². The molecule has 0 atom stereocenters. The van der Waals surface area contributed by atoms with E-state index in [1.165, 1.54) is 32.1 Å². The maximum absolute atomic E-state index is 8.82. The van der Waals surface area contributed by atoms with Crippen LogP contribution in [0.3, 0.4) is 0 Å². The van der Waals surface area contributed by atoms with Crippen LogP contribution in [0.2, 0.25) is 0 Å². The Hall–Kier alpha value is -1.42. The van der Waals surface area contributed by atoms with Gasteiger partial charge < -0.3 is 19.9 Å². The highest BCUT2D eigenvalue weighted by molar-refractivity contribution is 5.54. The molecular formula is C16H27NO3. The second-order valence-electron chi connectivity index (χ2n) is 4.78. The summed E-state index contributed by atoms with van der Waals surface area (Å²) in [5.41, 5.74) is 1.02. The van der Waals surface area contributed by atoms with Gasteiger partial charge in [0.2, 0.25) is 0 Å². The summed E-state index contributed by atoms with van der Waals surface area (Å²) in [5, 5.41) is 12.2. The Morgan fingerprint density at radius 1 is 1.10 bits per heavy atom. The van der Waals surface area contributed by atoms with E-state index in [0.29, 0.717) is 11.5 Å². The van der Waals surface area contributed by atoms with Gasteiger partial charge in [-0.25, -0.2) is 0 Å². The van der Waals surface area contributed by atoms with Crippen LogP contribution in [0.15, 0.2) is 18.2 Å². The van der Waals surface area contributed by atoms with Crippen LogP contribution in [0.5, 0.6) is 11.5 Å². The van der Waals surface area contributed by atoms with E-state index in [0.717, 1.165) is 12.2 Å². The number of hydrogen-bond donors (Lipinski definition) is 2. The van der Waals surface area contributed by atoms with Crippen LogP contribution >= 0.6 is 0 Å². The molecule has 0 saturated heterocycles. The summed E-state index contributed by atoms with van der Waals surface area (Å²) >= 11 is 0. The molecule has 0 unspecified atom stereocenters. The predicted molar refractivity (Wildman–Crippen MR) is 82.8 cm³/mol. The summed E-state index contributed by atoms with van der Waals surface area (Å²) in [6, 6.07) is 5.78. The summed E-state index contributed by atoms with van der Waals surface area (Å²) in [6.45, 7) is 3.47. The SMILES string of the molecule is CCCCCCCNc1ccc(OC)c(OCCO)c1. The van der Waals surface area contributed by atoms with E-state index in [1.807, 2.05) is 18.2 Å². The van der Waals surface area contributed by atoms with Crippen LogP contribution in [0, 0.1) is 0 Å². The standard InChI is InChI=1S/C16H27NO3/c1-3-4-5-6-7-10-17-14-8-9-15(19-2)16(13-14)20-12-11-18/h8-9,13,17-18H,3-7,10-12H2,1-2H3. The molecule has 0 aromatic heterocycles. The summed E-state index contributed by atoms with van der Waals surface area (Å²) < 4.78 is 10.7.